The van der Waals surface area contributed by atoms with E-state index in [2.05, 4.69) is 32.3 Å². The molecular weight excluding hydrogens is 463 g/mol. The quantitative estimate of drug-likeness (QED) is 0.315. The van der Waals surface area contributed by atoms with Crippen molar-refractivity contribution in [2.75, 3.05) is 25.0 Å². The van der Waals surface area contributed by atoms with Crippen LogP contribution in [0.3, 0.4) is 0 Å². The first-order chi connectivity index (χ1) is 17.2. The normalized spacial score (nSPS) is 17.2. The first kappa shape index (κ1) is 24.3. The second kappa shape index (κ2) is 11.5. The van der Waals surface area contributed by atoms with E-state index in [1.54, 1.807) is 18.5 Å². The highest BCUT2D eigenvalue weighted by Gasteiger charge is 2.20. The Morgan fingerprint density at radius 1 is 1.00 bits per heavy atom. The molecule has 0 radical (unpaired) electrons. The van der Waals surface area contributed by atoms with Gasteiger partial charge in [0.25, 0.3) is 0 Å². The number of hydrogen-bond acceptors (Lipinski definition) is 5. The average molecular weight is 497 g/mol. The Balaban J connectivity index is 1.36. The summed E-state index contributed by atoms with van der Waals surface area (Å²) in [6, 6.07) is 8.82. The van der Waals surface area contributed by atoms with Crippen molar-refractivity contribution in [3.05, 3.63) is 53.1 Å². The molecule has 5 nitrogen and oxygen atoms in total. The fraction of sp³-hybridized carbons (Fsp3) is 0.500. The predicted molar refractivity (Wildman–Crippen MR) is 140 cm³/mol. The van der Waals surface area contributed by atoms with Crippen molar-refractivity contribution in [1.82, 2.24) is 14.9 Å². The van der Waals surface area contributed by atoms with Crippen molar-refractivity contribution < 1.29 is 9.13 Å². The van der Waals surface area contributed by atoms with Gasteiger partial charge in [-0.15, -0.1) is 0 Å². The van der Waals surface area contributed by atoms with Crippen LogP contribution >= 0.6 is 11.6 Å². The third kappa shape index (κ3) is 6.22. The molecule has 0 unspecified atom stereocenters. The first-order valence-electron chi connectivity index (χ1n) is 13.0. The minimum Gasteiger partial charge on any atom is -0.490 e. The third-order valence-corrected chi connectivity index (χ3v) is 7.50. The van der Waals surface area contributed by atoms with E-state index in [1.807, 2.05) is 0 Å². The Hall–Kier alpha value is -2.44. The van der Waals surface area contributed by atoms with Crippen molar-refractivity contribution in [1.29, 1.82) is 0 Å². The average Bonchev–Trinajstić information content (AvgIpc) is 3.38. The fourth-order valence-corrected chi connectivity index (χ4v) is 5.44. The molecule has 1 saturated heterocycles. The fourth-order valence-electron chi connectivity index (χ4n) is 5.26. The smallest absolute Gasteiger partial charge is 0.141 e. The number of rotatable bonds is 9. The summed E-state index contributed by atoms with van der Waals surface area (Å²) in [5, 5.41) is 4.24. The zero-order valence-electron chi connectivity index (χ0n) is 20.2. The van der Waals surface area contributed by atoms with Crippen LogP contribution < -0.4 is 10.1 Å². The molecular formula is C28H34ClFN4O. The minimum atomic E-state index is -0.443. The maximum absolute atomic E-state index is 13.6. The maximum Gasteiger partial charge on any atom is 0.141 e. The van der Waals surface area contributed by atoms with Crippen molar-refractivity contribution in [2.24, 2.45) is 0 Å². The predicted octanol–water partition coefficient (Wildman–Crippen LogP) is 7.30. The maximum atomic E-state index is 13.6. The molecule has 1 aliphatic heterocycles. The number of piperidine rings is 1. The molecule has 1 aromatic heterocycles. The van der Waals surface area contributed by atoms with Crippen LogP contribution in [0.15, 0.2) is 36.7 Å². The second-order valence-corrected chi connectivity index (χ2v) is 10.2. The topological polar surface area (TPSA) is 50.3 Å². The summed E-state index contributed by atoms with van der Waals surface area (Å²) < 4.78 is 20.1. The summed E-state index contributed by atoms with van der Waals surface area (Å²) in [5.74, 6) is 1.16. The molecule has 5 rings (SSSR count). The Kier molecular flexibility index (Phi) is 7.99. The summed E-state index contributed by atoms with van der Waals surface area (Å²) in [6.07, 6.45) is 13.9. The molecule has 1 N–H and O–H groups in total. The summed E-state index contributed by atoms with van der Waals surface area (Å²) in [6.45, 7) is 3.68. The zero-order chi connectivity index (χ0) is 24.0. The lowest BCUT2D eigenvalue weighted by atomic mass is 10.0. The summed E-state index contributed by atoms with van der Waals surface area (Å²) in [7, 11) is 0. The Morgan fingerprint density at radius 3 is 2.63 bits per heavy atom. The molecule has 0 amide bonds. The van der Waals surface area contributed by atoms with Crippen molar-refractivity contribution in [3.8, 4) is 5.75 Å². The van der Waals surface area contributed by atoms with Gasteiger partial charge in [0.1, 0.15) is 23.7 Å². The molecule has 2 fully saturated rings. The lowest BCUT2D eigenvalue weighted by Crippen LogP contribution is -2.30. The number of halogens is 2. The van der Waals surface area contributed by atoms with Gasteiger partial charge in [-0.1, -0.05) is 18.0 Å². The van der Waals surface area contributed by atoms with Gasteiger partial charge in [0, 0.05) is 11.1 Å². The Bertz CT molecular complexity index is 1150. The Labute approximate surface area is 212 Å². The largest absolute Gasteiger partial charge is 0.490 e. The molecule has 2 aliphatic rings. The molecule has 35 heavy (non-hydrogen) atoms. The SMILES string of the molecule is Fc1ccc(Nc2ncnc3cc(CCCCN4CCCCC4)c(OC4CCCC4)cc23)cc1Cl. The van der Waals surface area contributed by atoms with Gasteiger partial charge in [-0.05, 0) is 113 Å². The number of aryl methyl sites for hydroxylation is 1. The van der Waals surface area contributed by atoms with Crippen LogP contribution in [-0.4, -0.2) is 40.6 Å². The zero-order valence-corrected chi connectivity index (χ0v) is 21.0. The molecule has 0 bridgehead atoms. The van der Waals surface area contributed by atoms with Gasteiger partial charge in [-0.2, -0.15) is 0 Å². The molecule has 1 aliphatic carbocycles. The van der Waals surface area contributed by atoms with E-state index >= 15 is 0 Å². The van der Waals surface area contributed by atoms with E-state index in [9.17, 15) is 4.39 Å². The van der Waals surface area contributed by atoms with Gasteiger partial charge in [0.15, 0.2) is 0 Å². The number of ether oxygens (including phenoxy) is 1. The van der Waals surface area contributed by atoms with Gasteiger partial charge < -0.3 is 15.0 Å². The van der Waals surface area contributed by atoms with Crippen molar-refractivity contribution >= 4 is 34.0 Å². The Morgan fingerprint density at radius 2 is 1.83 bits per heavy atom. The molecule has 3 aromatic rings. The number of anilines is 2. The van der Waals surface area contributed by atoms with E-state index in [4.69, 9.17) is 16.3 Å². The second-order valence-electron chi connectivity index (χ2n) is 9.84. The molecule has 2 heterocycles. The van der Waals surface area contributed by atoms with E-state index in [1.165, 1.54) is 69.8 Å². The highest BCUT2D eigenvalue weighted by atomic mass is 35.5. The molecule has 7 heteroatoms. The molecule has 2 aromatic carbocycles. The van der Waals surface area contributed by atoms with Crippen LogP contribution in [-0.2, 0) is 6.42 Å². The van der Waals surface area contributed by atoms with E-state index in [0.717, 1.165) is 42.3 Å². The summed E-state index contributed by atoms with van der Waals surface area (Å²) in [5.41, 5.74) is 2.77. The number of likely N-dealkylation sites (tertiary alicyclic amines) is 1. The van der Waals surface area contributed by atoms with Gasteiger partial charge in [0.2, 0.25) is 0 Å². The van der Waals surface area contributed by atoms with Crippen LogP contribution in [0.5, 0.6) is 5.75 Å². The number of benzene rings is 2. The summed E-state index contributed by atoms with van der Waals surface area (Å²) >= 11 is 5.98. The van der Waals surface area contributed by atoms with Crippen LogP contribution in [0.4, 0.5) is 15.9 Å². The number of hydrogen-bond donors (Lipinski definition) is 1. The van der Waals surface area contributed by atoms with Crippen LogP contribution in [0.2, 0.25) is 5.02 Å². The number of unbranched alkanes of at least 4 members (excludes halogenated alkanes) is 1. The highest BCUT2D eigenvalue weighted by molar-refractivity contribution is 6.31. The molecule has 186 valence electrons. The molecule has 1 saturated carbocycles. The standard InChI is InChI=1S/C28H34ClFN4O/c29-24-17-21(11-12-25(24)30)33-28-23-18-27(35-22-9-2-3-10-22)20(16-26(23)31-19-32-28)8-4-7-15-34-13-5-1-6-14-34/h11-12,16-19,22H,1-10,13-15H2,(H,31,32,33). The summed E-state index contributed by atoms with van der Waals surface area (Å²) in [4.78, 5) is 11.6. The van der Waals surface area contributed by atoms with Gasteiger partial charge in [-0.3, -0.25) is 0 Å². The van der Waals surface area contributed by atoms with Crippen LogP contribution in [0.1, 0.15) is 63.4 Å². The monoisotopic (exact) mass is 496 g/mol. The number of aromatic nitrogens is 2. The van der Waals surface area contributed by atoms with E-state index in [-0.39, 0.29) is 11.1 Å². The van der Waals surface area contributed by atoms with Crippen LogP contribution in [0, 0.1) is 5.82 Å². The lowest BCUT2D eigenvalue weighted by molar-refractivity contribution is 0.207. The van der Waals surface area contributed by atoms with Gasteiger partial charge in [0.05, 0.1) is 16.6 Å². The van der Waals surface area contributed by atoms with Gasteiger partial charge in [-0.25, -0.2) is 14.4 Å². The van der Waals surface area contributed by atoms with Crippen LogP contribution in [0.25, 0.3) is 10.9 Å². The first-order valence-corrected chi connectivity index (χ1v) is 13.4. The third-order valence-electron chi connectivity index (χ3n) is 7.21. The van der Waals surface area contributed by atoms with E-state index in [0.29, 0.717) is 11.5 Å². The number of nitrogens with one attached hydrogen (secondary N) is 1. The van der Waals surface area contributed by atoms with Crippen molar-refractivity contribution in [2.45, 2.75) is 70.3 Å². The number of nitrogens with zero attached hydrogens (tertiary/aromatic N) is 3. The van der Waals surface area contributed by atoms with Gasteiger partial charge >= 0.3 is 0 Å². The number of fused-ring (bicyclic) bond motifs is 1. The van der Waals surface area contributed by atoms with Crippen molar-refractivity contribution in [3.63, 3.8) is 0 Å². The lowest BCUT2D eigenvalue weighted by Gasteiger charge is -2.26. The molecule has 0 spiro atoms. The molecule has 0 atom stereocenters. The minimum absolute atomic E-state index is 0.0745. The van der Waals surface area contributed by atoms with E-state index < -0.39 is 5.82 Å². The highest BCUT2D eigenvalue weighted by Crippen LogP contribution is 2.34.